The van der Waals surface area contributed by atoms with Crippen LogP contribution in [0.3, 0.4) is 0 Å². The molecule has 2 aromatic rings. The minimum atomic E-state index is -3.40. The van der Waals surface area contributed by atoms with Crippen molar-refractivity contribution >= 4 is 27.4 Å². The Kier molecular flexibility index (Phi) is 4.90. The van der Waals surface area contributed by atoms with Crippen LogP contribution in [0.5, 0.6) is 0 Å². The number of ether oxygens (including phenoxy) is 1. The number of anilines is 2. The van der Waals surface area contributed by atoms with E-state index in [9.17, 15) is 13.2 Å². The van der Waals surface area contributed by atoms with Gasteiger partial charge in [0.05, 0.1) is 36.7 Å². The molecule has 2 bridgehead atoms. The summed E-state index contributed by atoms with van der Waals surface area (Å²) in [7, 11) is -3.40. The zero-order valence-electron chi connectivity index (χ0n) is 19.4. The largest absolute Gasteiger partial charge is 0.377 e. The van der Waals surface area contributed by atoms with E-state index in [-0.39, 0.29) is 29.9 Å². The van der Waals surface area contributed by atoms with Crippen LogP contribution in [0.4, 0.5) is 16.3 Å². The van der Waals surface area contributed by atoms with Gasteiger partial charge in [0.2, 0.25) is 0 Å². The van der Waals surface area contributed by atoms with Crippen LogP contribution in [0.1, 0.15) is 50.8 Å². The highest BCUT2D eigenvalue weighted by Crippen LogP contribution is 2.46. The number of carbonyl (C=O) groups excluding carboxylic acids is 1. The maximum absolute atomic E-state index is 13.1. The lowest BCUT2D eigenvalue weighted by Gasteiger charge is -2.36. The topological polar surface area (TPSA) is 114 Å². The van der Waals surface area contributed by atoms with Gasteiger partial charge in [0.15, 0.2) is 15.7 Å². The van der Waals surface area contributed by atoms with Crippen molar-refractivity contribution in [2.24, 2.45) is 0 Å². The second-order valence-corrected chi connectivity index (χ2v) is 12.8. The lowest BCUT2D eigenvalue weighted by atomic mass is 10.0. The third-order valence-electron chi connectivity index (χ3n) is 7.47. The van der Waals surface area contributed by atoms with Crippen molar-refractivity contribution in [1.82, 2.24) is 15.3 Å². The highest BCUT2D eigenvalue weighted by Gasteiger charge is 2.50. The molecule has 2 N–H and O–H groups in total. The van der Waals surface area contributed by atoms with E-state index in [0.29, 0.717) is 30.4 Å². The lowest BCUT2D eigenvalue weighted by molar-refractivity contribution is 0.0901. The first-order chi connectivity index (χ1) is 16.2. The predicted molar refractivity (Wildman–Crippen MR) is 128 cm³/mol. The molecule has 1 aliphatic carbocycles. The average molecular weight is 484 g/mol. The molecular weight excluding hydrogens is 454 g/mol. The van der Waals surface area contributed by atoms with Gasteiger partial charge in [0, 0.05) is 22.9 Å². The molecule has 1 aromatic carbocycles. The summed E-state index contributed by atoms with van der Waals surface area (Å²) in [6.07, 6.45) is 4.08. The number of nitrogens with one attached hydrogen (secondary N) is 2. The number of fused-ring (bicyclic) bond motifs is 3. The minimum absolute atomic E-state index is 0.0410. The van der Waals surface area contributed by atoms with Crippen molar-refractivity contribution in [2.45, 2.75) is 68.2 Å². The molecule has 3 fully saturated rings. The molecule has 6 rings (SSSR count). The summed E-state index contributed by atoms with van der Waals surface area (Å²) < 4.78 is 30.8. The molecule has 34 heavy (non-hydrogen) atoms. The SMILES string of the molecule is CC1(C)c2nc(-c3ccc(NC(=O)NC4CC4)cc3)nc(N3C4CCC3COC4)c2CS1(=O)=O. The van der Waals surface area contributed by atoms with Crippen LogP contribution in [0.15, 0.2) is 24.3 Å². The second-order valence-electron chi connectivity index (χ2n) is 10.2. The number of urea groups is 1. The van der Waals surface area contributed by atoms with Crippen LogP contribution >= 0.6 is 0 Å². The first kappa shape index (κ1) is 21.8. The van der Waals surface area contributed by atoms with E-state index < -0.39 is 14.6 Å². The van der Waals surface area contributed by atoms with E-state index in [1.54, 1.807) is 13.8 Å². The Morgan fingerprint density at radius 2 is 1.74 bits per heavy atom. The van der Waals surface area contributed by atoms with E-state index in [1.807, 2.05) is 24.3 Å². The first-order valence-electron chi connectivity index (χ1n) is 11.9. The highest BCUT2D eigenvalue weighted by atomic mass is 32.2. The number of morpholine rings is 1. The number of hydrogen-bond donors (Lipinski definition) is 2. The summed E-state index contributed by atoms with van der Waals surface area (Å²) in [4.78, 5) is 24.1. The smallest absolute Gasteiger partial charge is 0.319 e. The summed E-state index contributed by atoms with van der Waals surface area (Å²) in [6, 6.07) is 7.85. The quantitative estimate of drug-likeness (QED) is 0.687. The van der Waals surface area contributed by atoms with Crippen molar-refractivity contribution in [3.8, 4) is 11.4 Å². The normalized spacial score (nSPS) is 26.2. The van der Waals surface area contributed by atoms with Crippen molar-refractivity contribution in [1.29, 1.82) is 0 Å². The summed E-state index contributed by atoms with van der Waals surface area (Å²) in [5.74, 6) is 1.19. The van der Waals surface area contributed by atoms with Crippen molar-refractivity contribution in [3.63, 3.8) is 0 Å². The fourth-order valence-corrected chi connectivity index (χ4v) is 6.69. The average Bonchev–Trinajstić information content (AvgIpc) is 3.54. The van der Waals surface area contributed by atoms with Gasteiger partial charge >= 0.3 is 6.03 Å². The van der Waals surface area contributed by atoms with Gasteiger partial charge in [-0.15, -0.1) is 0 Å². The summed E-state index contributed by atoms with van der Waals surface area (Å²) in [5, 5.41) is 5.75. The standard InChI is InChI=1S/C24H29N5O4S/c1-24(2)20-19(13-34(24,31)32)22(29-17-9-10-18(29)12-33-11-17)28-21(27-20)14-3-5-15(6-4-14)25-23(30)26-16-7-8-16/h3-6,16-18H,7-13H2,1-2H3,(H2,25,26,30). The van der Waals surface area contributed by atoms with Gasteiger partial charge in [-0.25, -0.2) is 23.2 Å². The number of hydrogen-bond acceptors (Lipinski definition) is 7. The van der Waals surface area contributed by atoms with Crippen LogP contribution in [0.25, 0.3) is 11.4 Å². The van der Waals surface area contributed by atoms with Gasteiger partial charge < -0.3 is 20.3 Å². The van der Waals surface area contributed by atoms with Crippen LogP contribution in [0.2, 0.25) is 0 Å². The summed E-state index contributed by atoms with van der Waals surface area (Å²) >= 11 is 0. The molecule has 180 valence electrons. The third-order valence-corrected chi connectivity index (χ3v) is 9.88. The second kappa shape index (κ2) is 7.64. The molecule has 10 heteroatoms. The molecular formula is C24H29N5O4S. The molecule has 3 aliphatic heterocycles. The van der Waals surface area contributed by atoms with E-state index >= 15 is 0 Å². The van der Waals surface area contributed by atoms with Crippen molar-refractivity contribution < 1.29 is 17.9 Å². The van der Waals surface area contributed by atoms with E-state index in [2.05, 4.69) is 15.5 Å². The number of amides is 2. The maximum Gasteiger partial charge on any atom is 0.319 e. The first-order valence-corrected chi connectivity index (χ1v) is 13.6. The number of nitrogens with zero attached hydrogens (tertiary/aromatic N) is 3. The van der Waals surface area contributed by atoms with Gasteiger partial charge in [0.25, 0.3) is 0 Å². The Morgan fingerprint density at radius 1 is 1.06 bits per heavy atom. The van der Waals surface area contributed by atoms with Gasteiger partial charge in [-0.1, -0.05) is 0 Å². The Hall–Kier alpha value is -2.72. The number of carbonyl (C=O) groups is 1. The Morgan fingerprint density at radius 3 is 2.38 bits per heavy atom. The molecule has 0 spiro atoms. The molecule has 2 amide bonds. The monoisotopic (exact) mass is 483 g/mol. The Bertz CT molecular complexity index is 1240. The predicted octanol–water partition coefficient (Wildman–Crippen LogP) is 2.96. The fraction of sp³-hybridized carbons (Fsp3) is 0.542. The zero-order chi connectivity index (χ0) is 23.7. The molecule has 4 heterocycles. The van der Waals surface area contributed by atoms with E-state index in [0.717, 1.165) is 42.6 Å². The lowest BCUT2D eigenvalue weighted by Crippen LogP contribution is -2.47. The molecule has 4 aliphatic rings. The number of sulfone groups is 1. The summed E-state index contributed by atoms with van der Waals surface area (Å²) in [5.41, 5.74) is 2.77. The molecule has 2 saturated heterocycles. The van der Waals surface area contributed by atoms with Crippen LogP contribution in [-0.4, -0.2) is 55.8 Å². The molecule has 1 saturated carbocycles. The molecule has 1 aromatic heterocycles. The highest BCUT2D eigenvalue weighted by molar-refractivity contribution is 7.91. The fourth-order valence-electron chi connectivity index (χ4n) is 5.22. The van der Waals surface area contributed by atoms with Gasteiger partial charge in [-0.2, -0.15) is 0 Å². The number of aromatic nitrogens is 2. The molecule has 2 atom stereocenters. The van der Waals surface area contributed by atoms with Gasteiger partial charge in [-0.05, 0) is 63.8 Å². The zero-order valence-corrected chi connectivity index (χ0v) is 20.2. The van der Waals surface area contributed by atoms with E-state index in [1.165, 1.54) is 0 Å². The van der Waals surface area contributed by atoms with Gasteiger partial charge in [0.1, 0.15) is 10.6 Å². The summed E-state index contributed by atoms with van der Waals surface area (Å²) in [6.45, 7) is 4.72. The Balaban J connectivity index is 1.38. The molecule has 2 unspecified atom stereocenters. The molecule has 9 nitrogen and oxygen atoms in total. The molecule has 0 radical (unpaired) electrons. The van der Waals surface area contributed by atoms with Gasteiger partial charge in [-0.3, -0.25) is 0 Å². The maximum atomic E-state index is 13.1. The number of rotatable bonds is 4. The van der Waals surface area contributed by atoms with E-state index in [4.69, 9.17) is 14.7 Å². The van der Waals surface area contributed by atoms with Crippen LogP contribution in [-0.2, 0) is 25.1 Å². The number of benzene rings is 1. The van der Waals surface area contributed by atoms with Crippen molar-refractivity contribution in [2.75, 3.05) is 23.4 Å². The minimum Gasteiger partial charge on any atom is -0.377 e. The third kappa shape index (κ3) is 3.54. The van der Waals surface area contributed by atoms with Crippen molar-refractivity contribution in [3.05, 3.63) is 35.5 Å². The van der Waals surface area contributed by atoms with Crippen LogP contribution < -0.4 is 15.5 Å². The van der Waals surface area contributed by atoms with Crippen LogP contribution in [0, 0.1) is 0 Å². The Labute approximate surface area is 199 Å².